The molecule has 2 rings (SSSR count). The van der Waals surface area contributed by atoms with Gasteiger partial charge in [-0.15, -0.1) is 0 Å². The molecule has 0 spiro atoms. The molecule has 2 aromatic rings. The molecular weight excluding hydrogens is 424 g/mol. The standard InChI is InChI=1S/C22H25ClN2O6/c1-30-21(28)19(11-15-7-9-17(23)10-8-15)25-20(27)12-18(26)13-24-22(29)31-14-16-5-3-2-4-6-16/h2-10,18-19,26H,11-14H2,1H3,(H,24,29)(H,25,27)/t18-,19+/m0/s1. The monoisotopic (exact) mass is 448 g/mol. The molecular formula is C22H25ClN2O6. The first-order valence-electron chi connectivity index (χ1n) is 9.61. The molecule has 0 aliphatic rings. The summed E-state index contributed by atoms with van der Waals surface area (Å²) >= 11 is 5.85. The number of aliphatic hydroxyl groups is 1. The topological polar surface area (TPSA) is 114 Å². The molecule has 166 valence electrons. The molecule has 2 atom stereocenters. The van der Waals surface area contributed by atoms with E-state index in [1.807, 2.05) is 30.3 Å². The second kappa shape index (κ2) is 12.6. The number of amides is 2. The summed E-state index contributed by atoms with van der Waals surface area (Å²) in [6, 6.07) is 15.1. The molecule has 0 bridgehead atoms. The third-order valence-corrected chi connectivity index (χ3v) is 4.54. The highest BCUT2D eigenvalue weighted by Crippen LogP contribution is 2.12. The molecule has 0 fully saturated rings. The van der Waals surface area contributed by atoms with Crippen LogP contribution in [0.1, 0.15) is 17.5 Å². The number of alkyl carbamates (subject to hydrolysis) is 1. The Labute approximate surface area is 185 Å². The molecule has 9 heteroatoms. The molecule has 0 saturated heterocycles. The Balaban J connectivity index is 1.76. The number of halogens is 1. The zero-order valence-corrected chi connectivity index (χ0v) is 17.8. The van der Waals surface area contributed by atoms with Gasteiger partial charge in [0.05, 0.1) is 19.6 Å². The van der Waals surface area contributed by atoms with E-state index < -0.39 is 30.1 Å². The molecule has 0 aliphatic heterocycles. The van der Waals surface area contributed by atoms with Crippen LogP contribution in [0.5, 0.6) is 0 Å². The van der Waals surface area contributed by atoms with Crippen LogP contribution in [0.3, 0.4) is 0 Å². The number of carbonyl (C=O) groups is 3. The van der Waals surface area contributed by atoms with Crippen molar-refractivity contribution in [2.24, 2.45) is 0 Å². The average Bonchev–Trinajstić information content (AvgIpc) is 2.77. The predicted molar refractivity (Wildman–Crippen MR) is 114 cm³/mol. The molecule has 0 aliphatic carbocycles. The number of hydrogen-bond acceptors (Lipinski definition) is 6. The highest BCUT2D eigenvalue weighted by Gasteiger charge is 2.23. The zero-order valence-electron chi connectivity index (χ0n) is 17.0. The number of nitrogens with one attached hydrogen (secondary N) is 2. The van der Waals surface area contributed by atoms with Crippen molar-refractivity contribution in [3.05, 3.63) is 70.7 Å². The summed E-state index contributed by atoms with van der Waals surface area (Å²) in [5.74, 6) is -1.17. The highest BCUT2D eigenvalue weighted by molar-refractivity contribution is 6.30. The highest BCUT2D eigenvalue weighted by atomic mass is 35.5. The molecule has 3 N–H and O–H groups in total. The van der Waals surface area contributed by atoms with Gasteiger partial charge >= 0.3 is 12.1 Å². The van der Waals surface area contributed by atoms with E-state index in [0.29, 0.717) is 5.02 Å². The molecule has 2 amide bonds. The number of methoxy groups -OCH3 is 1. The van der Waals surface area contributed by atoms with Gasteiger partial charge in [-0.05, 0) is 23.3 Å². The Bertz CT molecular complexity index is 860. The molecule has 0 aromatic heterocycles. The number of carbonyl (C=O) groups excluding carboxylic acids is 3. The van der Waals surface area contributed by atoms with Gasteiger partial charge in [0.1, 0.15) is 12.6 Å². The predicted octanol–water partition coefficient (Wildman–Crippen LogP) is 2.22. The fourth-order valence-electron chi connectivity index (χ4n) is 2.71. The Morgan fingerprint density at radius 3 is 2.35 bits per heavy atom. The van der Waals surface area contributed by atoms with Gasteiger partial charge in [-0.1, -0.05) is 54.1 Å². The van der Waals surface area contributed by atoms with Crippen LogP contribution in [0, 0.1) is 0 Å². The molecule has 0 unspecified atom stereocenters. The van der Waals surface area contributed by atoms with E-state index in [9.17, 15) is 19.5 Å². The number of esters is 1. The first-order chi connectivity index (χ1) is 14.9. The normalized spacial score (nSPS) is 12.4. The lowest BCUT2D eigenvalue weighted by molar-refractivity contribution is -0.145. The van der Waals surface area contributed by atoms with Gasteiger partial charge in [0, 0.05) is 18.0 Å². The molecule has 8 nitrogen and oxygen atoms in total. The second-order valence-corrected chi connectivity index (χ2v) is 7.21. The Morgan fingerprint density at radius 2 is 1.71 bits per heavy atom. The average molecular weight is 449 g/mol. The Hall–Kier alpha value is -3.10. The first kappa shape index (κ1) is 24.2. The number of benzene rings is 2. The van der Waals surface area contributed by atoms with Gasteiger partial charge in [-0.2, -0.15) is 0 Å². The van der Waals surface area contributed by atoms with Crippen molar-refractivity contribution >= 4 is 29.6 Å². The van der Waals surface area contributed by atoms with Crippen LogP contribution in [0.2, 0.25) is 5.02 Å². The lowest BCUT2D eigenvalue weighted by Gasteiger charge is -2.18. The Kier molecular flexibility index (Phi) is 9.80. The molecule has 0 saturated carbocycles. The van der Waals surface area contributed by atoms with E-state index >= 15 is 0 Å². The van der Waals surface area contributed by atoms with Crippen LogP contribution in [-0.2, 0) is 32.1 Å². The number of hydrogen-bond donors (Lipinski definition) is 3. The first-order valence-corrected chi connectivity index (χ1v) is 9.99. The van der Waals surface area contributed by atoms with Crippen molar-refractivity contribution in [1.82, 2.24) is 10.6 Å². The lowest BCUT2D eigenvalue weighted by atomic mass is 10.1. The van der Waals surface area contributed by atoms with E-state index in [1.54, 1.807) is 24.3 Å². The minimum Gasteiger partial charge on any atom is -0.467 e. The van der Waals surface area contributed by atoms with E-state index in [1.165, 1.54) is 7.11 Å². The van der Waals surface area contributed by atoms with Crippen molar-refractivity contribution < 1.29 is 29.0 Å². The van der Waals surface area contributed by atoms with Crippen molar-refractivity contribution in [1.29, 1.82) is 0 Å². The minimum atomic E-state index is -1.15. The summed E-state index contributed by atoms with van der Waals surface area (Å²) in [4.78, 5) is 36.0. The smallest absolute Gasteiger partial charge is 0.407 e. The van der Waals surface area contributed by atoms with Gasteiger partial charge in [-0.3, -0.25) is 4.79 Å². The quantitative estimate of drug-likeness (QED) is 0.480. The second-order valence-electron chi connectivity index (χ2n) is 6.77. The maximum atomic E-state index is 12.2. The summed E-state index contributed by atoms with van der Waals surface area (Å²) in [6.45, 7) is -0.0874. The van der Waals surface area contributed by atoms with Crippen LogP contribution >= 0.6 is 11.6 Å². The van der Waals surface area contributed by atoms with Crippen LogP contribution in [0.4, 0.5) is 4.79 Å². The van der Waals surface area contributed by atoms with Gasteiger partial charge in [-0.25, -0.2) is 9.59 Å². The lowest BCUT2D eigenvalue weighted by Crippen LogP contribution is -2.45. The number of ether oxygens (including phenoxy) is 2. The maximum Gasteiger partial charge on any atom is 0.407 e. The summed E-state index contributed by atoms with van der Waals surface area (Å²) in [7, 11) is 1.23. The van der Waals surface area contributed by atoms with E-state index in [2.05, 4.69) is 10.6 Å². The fraction of sp³-hybridized carbons (Fsp3) is 0.318. The van der Waals surface area contributed by atoms with Crippen LogP contribution < -0.4 is 10.6 Å². The molecule has 0 heterocycles. The van der Waals surface area contributed by atoms with Gasteiger partial charge in [0.25, 0.3) is 0 Å². The van der Waals surface area contributed by atoms with Crippen molar-refractivity contribution in [3.8, 4) is 0 Å². The Morgan fingerprint density at radius 1 is 1.03 bits per heavy atom. The number of aliphatic hydroxyl groups excluding tert-OH is 1. The molecule has 31 heavy (non-hydrogen) atoms. The largest absolute Gasteiger partial charge is 0.467 e. The third-order valence-electron chi connectivity index (χ3n) is 4.29. The van der Waals surface area contributed by atoms with Crippen LogP contribution in [0.25, 0.3) is 0 Å². The minimum absolute atomic E-state index is 0.0920. The number of rotatable bonds is 10. The van der Waals surface area contributed by atoms with E-state index in [-0.39, 0.29) is 26.0 Å². The summed E-state index contributed by atoms with van der Waals surface area (Å²) < 4.78 is 9.78. The van der Waals surface area contributed by atoms with Crippen LogP contribution in [0.15, 0.2) is 54.6 Å². The molecule has 2 aromatic carbocycles. The van der Waals surface area contributed by atoms with Gasteiger partial charge < -0.3 is 25.2 Å². The van der Waals surface area contributed by atoms with Crippen molar-refractivity contribution in [2.45, 2.75) is 31.6 Å². The van der Waals surface area contributed by atoms with Crippen LogP contribution in [-0.4, -0.2) is 48.9 Å². The summed E-state index contributed by atoms with van der Waals surface area (Å²) in [5.41, 5.74) is 1.61. The van der Waals surface area contributed by atoms with Gasteiger partial charge in [0.15, 0.2) is 0 Å². The van der Waals surface area contributed by atoms with E-state index in [0.717, 1.165) is 11.1 Å². The maximum absolute atomic E-state index is 12.2. The van der Waals surface area contributed by atoms with Gasteiger partial charge in [0.2, 0.25) is 5.91 Å². The summed E-state index contributed by atoms with van der Waals surface area (Å²) in [6.07, 6.45) is -1.97. The van der Waals surface area contributed by atoms with E-state index in [4.69, 9.17) is 21.1 Å². The van der Waals surface area contributed by atoms with Crippen molar-refractivity contribution in [2.75, 3.05) is 13.7 Å². The fourth-order valence-corrected chi connectivity index (χ4v) is 2.83. The molecule has 0 radical (unpaired) electrons. The SMILES string of the molecule is COC(=O)[C@@H](Cc1ccc(Cl)cc1)NC(=O)C[C@H](O)CNC(=O)OCc1ccccc1. The van der Waals surface area contributed by atoms with Crippen molar-refractivity contribution in [3.63, 3.8) is 0 Å². The third kappa shape index (κ3) is 9.06. The summed E-state index contributed by atoms with van der Waals surface area (Å²) in [5, 5.41) is 15.5. The zero-order chi connectivity index (χ0) is 22.6.